The third-order valence-corrected chi connectivity index (χ3v) is 8.21. The Bertz CT molecular complexity index is 1370. The molecule has 41 heavy (non-hydrogen) atoms. The van der Waals surface area contributed by atoms with Gasteiger partial charge in [0.15, 0.2) is 0 Å². The standard InChI is InChI=1S/C34H39N3O4/c1-4-20-41-30-14-10-27(11-15-30)34(40)36-18-16-26(17-19-36)25-8-12-29(13-9-25)35-33(39)28-21-31(38)37(22-28)32-23(2)6-5-7-24(32)3/h5-15,26,28H,4,16-22H2,1-3H3,(H,35,39). The Labute approximate surface area is 242 Å². The fourth-order valence-electron chi connectivity index (χ4n) is 5.93. The Hall–Kier alpha value is -4.13. The number of anilines is 2. The van der Waals surface area contributed by atoms with E-state index in [9.17, 15) is 14.4 Å². The summed E-state index contributed by atoms with van der Waals surface area (Å²) in [4.78, 5) is 42.5. The van der Waals surface area contributed by atoms with Gasteiger partial charge in [-0.3, -0.25) is 14.4 Å². The normalized spacial score (nSPS) is 17.5. The van der Waals surface area contributed by atoms with Crippen molar-refractivity contribution in [2.45, 2.75) is 52.4 Å². The van der Waals surface area contributed by atoms with E-state index in [4.69, 9.17) is 4.74 Å². The summed E-state index contributed by atoms with van der Waals surface area (Å²) in [6.07, 6.45) is 2.95. The van der Waals surface area contributed by atoms with E-state index in [0.29, 0.717) is 37.7 Å². The molecular weight excluding hydrogens is 514 g/mol. The molecule has 7 heteroatoms. The second-order valence-corrected chi connectivity index (χ2v) is 11.2. The molecule has 2 fully saturated rings. The van der Waals surface area contributed by atoms with Crippen LogP contribution in [0.5, 0.6) is 5.75 Å². The average Bonchev–Trinajstić information content (AvgIpc) is 3.37. The maximum atomic E-state index is 13.0. The van der Waals surface area contributed by atoms with Gasteiger partial charge in [-0.1, -0.05) is 37.3 Å². The number of carbonyl (C=O) groups is 3. The SMILES string of the molecule is CCCOc1ccc(C(=O)N2CCC(c3ccc(NC(=O)C4CC(=O)N(c5c(C)cccc5C)C4)cc3)CC2)cc1. The molecule has 214 valence electrons. The Balaban J connectivity index is 1.12. The van der Waals surface area contributed by atoms with Crippen LogP contribution in [0.15, 0.2) is 66.7 Å². The molecule has 2 heterocycles. The number of benzene rings is 3. The zero-order valence-corrected chi connectivity index (χ0v) is 24.2. The van der Waals surface area contributed by atoms with E-state index in [1.165, 1.54) is 5.56 Å². The fourth-order valence-corrected chi connectivity index (χ4v) is 5.93. The number of para-hydroxylation sites is 1. The molecule has 0 radical (unpaired) electrons. The minimum atomic E-state index is -0.386. The highest BCUT2D eigenvalue weighted by atomic mass is 16.5. The van der Waals surface area contributed by atoms with Gasteiger partial charge < -0.3 is 19.9 Å². The molecule has 2 saturated heterocycles. The first kappa shape index (κ1) is 28.4. The summed E-state index contributed by atoms with van der Waals surface area (Å²) in [5.41, 5.74) is 5.63. The molecule has 2 aliphatic heterocycles. The number of piperidine rings is 1. The molecule has 3 aromatic carbocycles. The molecule has 0 aromatic heterocycles. The molecule has 1 atom stereocenters. The van der Waals surface area contributed by atoms with Crippen LogP contribution >= 0.6 is 0 Å². The van der Waals surface area contributed by atoms with E-state index < -0.39 is 0 Å². The van der Waals surface area contributed by atoms with E-state index in [1.807, 2.05) is 73.3 Å². The maximum Gasteiger partial charge on any atom is 0.253 e. The summed E-state index contributed by atoms with van der Waals surface area (Å²) < 4.78 is 5.62. The van der Waals surface area contributed by atoms with Crippen molar-refractivity contribution in [2.24, 2.45) is 5.92 Å². The first-order valence-electron chi connectivity index (χ1n) is 14.6. The van der Waals surface area contributed by atoms with Crippen LogP contribution in [0.4, 0.5) is 11.4 Å². The number of rotatable bonds is 8. The predicted octanol–water partition coefficient (Wildman–Crippen LogP) is 6.10. The molecular formula is C34H39N3O4. The summed E-state index contributed by atoms with van der Waals surface area (Å²) in [6.45, 7) is 8.54. The van der Waals surface area contributed by atoms with Crippen molar-refractivity contribution in [1.29, 1.82) is 0 Å². The van der Waals surface area contributed by atoms with Gasteiger partial charge in [0.2, 0.25) is 11.8 Å². The van der Waals surface area contributed by atoms with E-state index in [-0.39, 0.29) is 30.1 Å². The molecule has 1 N–H and O–H groups in total. The van der Waals surface area contributed by atoms with E-state index in [2.05, 4.69) is 24.4 Å². The van der Waals surface area contributed by atoms with Gasteiger partial charge in [-0.15, -0.1) is 0 Å². The summed E-state index contributed by atoms with van der Waals surface area (Å²) in [6, 6.07) is 21.4. The molecule has 5 rings (SSSR count). The lowest BCUT2D eigenvalue weighted by Crippen LogP contribution is -2.37. The van der Waals surface area contributed by atoms with E-state index in [1.54, 1.807) is 4.90 Å². The van der Waals surface area contributed by atoms with Crippen molar-refractivity contribution in [2.75, 3.05) is 36.5 Å². The summed E-state index contributed by atoms with van der Waals surface area (Å²) >= 11 is 0. The monoisotopic (exact) mass is 553 g/mol. The highest BCUT2D eigenvalue weighted by Crippen LogP contribution is 2.32. The smallest absolute Gasteiger partial charge is 0.253 e. The highest BCUT2D eigenvalue weighted by molar-refractivity contribution is 6.04. The lowest BCUT2D eigenvalue weighted by atomic mass is 9.89. The number of hydrogen-bond acceptors (Lipinski definition) is 4. The van der Waals surface area contributed by atoms with Crippen LogP contribution in [0.1, 0.15) is 65.6 Å². The van der Waals surface area contributed by atoms with Gasteiger partial charge in [-0.05, 0) is 92.1 Å². The highest BCUT2D eigenvalue weighted by Gasteiger charge is 2.36. The van der Waals surface area contributed by atoms with Crippen LogP contribution in [0.3, 0.4) is 0 Å². The first-order chi connectivity index (χ1) is 19.8. The lowest BCUT2D eigenvalue weighted by molar-refractivity contribution is -0.122. The van der Waals surface area contributed by atoms with Crippen LogP contribution in [0, 0.1) is 19.8 Å². The van der Waals surface area contributed by atoms with Crippen molar-refractivity contribution >= 4 is 29.1 Å². The third kappa shape index (κ3) is 6.45. The number of nitrogens with zero attached hydrogens (tertiary/aromatic N) is 2. The van der Waals surface area contributed by atoms with Crippen molar-refractivity contribution in [3.8, 4) is 5.75 Å². The molecule has 0 aliphatic carbocycles. The summed E-state index contributed by atoms with van der Waals surface area (Å²) in [5, 5.41) is 3.01. The van der Waals surface area contributed by atoms with E-state index >= 15 is 0 Å². The van der Waals surface area contributed by atoms with E-state index in [0.717, 1.165) is 47.5 Å². The number of nitrogens with one attached hydrogen (secondary N) is 1. The van der Waals surface area contributed by atoms with Crippen LogP contribution < -0.4 is 15.0 Å². The minimum Gasteiger partial charge on any atom is -0.494 e. The second kappa shape index (κ2) is 12.6. The number of carbonyl (C=O) groups excluding carboxylic acids is 3. The molecule has 3 amide bonds. The number of hydrogen-bond donors (Lipinski definition) is 1. The van der Waals surface area contributed by atoms with Crippen LogP contribution in [0.2, 0.25) is 0 Å². The molecule has 0 bridgehead atoms. The maximum absolute atomic E-state index is 13.0. The topological polar surface area (TPSA) is 79.0 Å². The van der Waals surface area contributed by atoms with Crippen molar-refractivity contribution in [3.63, 3.8) is 0 Å². The van der Waals surface area contributed by atoms with Crippen molar-refractivity contribution in [1.82, 2.24) is 4.90 Å². The van der Waals surface area contributed by atoms with Crippen LogP contribution in [-0.4, -0.2) is 48.9 Å². The van der Waals surface area contributed by atoms with Gasteiger partial charge in [0.1, 0.15) is 5.75 Å². The third-order valence-electron chi connectivity index (χ3n) is 8.21. The van der Waals surface area contributed by atoms with Crippen LogP contribution in [-0.2, 0) is 9.59 Å². The number of likely N-dealkylation sites (tertiary alicyclic amines) is 1. The van der Waals surface area contributed by atoms with Gasteiger partial charge in [0.25, 0.3) is 5.91 Å². The van der Waals surface area contributed by atoms with Crippen molar-refractivity contribution < 1.29 is 19.1 Å². The first-order valence-corrected chi connectivity index (χ1v) is 14.6. The minimum absolute atomic E-state index is 0.0132. The van der Waals surface area contributed by atoms with Gasteiger partial charge in [0.05, 0.1) is 12.5 Å². The molecule has 1 unspecified atom stereocenters. The largest absolute Gasteiger partial charge is 0.494 e. The van der Waals surface area contributed by atoms with Gasteiger partial charge >= 0.3 is 0 Å². The summed E-state index contributed by atoms with van der Waals surface area (Å²) in [7, 11) is 0. The summed E-state index contributed by atoms with van der Waals surface area (Å²) in [5.74, 6) is 0.690. The Morgan fingerprint density at radius 1 is 0.927 bits per heavy atom. The molecule has 3 aromatic rings. The zero-order chi connectivity index (χ0) is 28.9. The molecule has 0 saturated carbocycles. The Morgan fingerprint density at radius 3 is 2.22 bits per heavy atom. The van der Waals surface area contributed by atoms with Gasteiger partial charge in [-0.2, -0.15) is 0 Å². The second-order valence-electron chi connectivity index (χ2n) is 11.2. The van der Waals surface area contributed by atoms with Gasteiger partial charge in [0, 0.05) is 43.0 Å². The van der Waals surface area contributed by atoms with Crippen LogP contribution in [0.25, 0.3) is 0 Å². The van der Waals surface area contributed by atoms with Gasteiger partial charge in [-0.25, -0.2) is 0 Å². The number of amides is 3. The molecule has 2 aliphatic rings. The quantitative estimate of drug-likeness (QED) is 0.365. The Morgan fingerprint density at radius 2 is 1.59 bits per heavy atom. The molecule has 7 nitrogen and oxygen atoms in total. The fraction of sp³-hybridized carbons (Fsp3) is 0.382. The Kier molecular flexibility index (Phi) is 8.72. The lowest BCUT2D eigenvalue weighted by Gasteiger charge is -2.32. The van der Waals surface area contributed by atoms with Crippen molar-refractivity contribution in [3.05, 3.63) is 89.0 Å². The number of aryl methyl sites for hydroxylation is 2. The number of ether oxygens (including phenoxy) is 1. The average molecular weight is 554 g/mol. The predicted molar refractivity (Wildman–Crippen MR) is 162 cm³/mol. The zero-order valence-electron chi connectivity index (χ0n) is 24.2. The molecule has 0 spiro atoms.